The molecule has 0 bridgehead atoms. The van der Waals surface area contributed by atoms with Crippen molar-refractivity contribution in [3.8, 4) is 23.5 Å². The fourth-order valence-electron chi connectivity index (χ4n) is 8.60. The van der Waals surface area contributed by atoms with E-state index < -0.39 is 0 Å². The lowest BCUT2D eigenvalue weighted by Gasteiger charge is -2.25. The first-order chi connectivity index (χ1) is 27.7. The molecular formula is C50H29N5O. The van der Waals surface area contributed by atoms with Crippen molar-refractivity contribution in [1.82, 2.24) is 9.13 Å². The Hall–Kier alpha value is -8.06. The molecule has 6 nitrogen and oxygen atoms in total. The lowest BCUT2D eigenvalue weighted by Crippen LogP contribution is -2.09. The van der Waals surface area contributed by atoms with Crippen molar-refractivity contribution in [3.05, 3.63) is 187 Å². The Balaban J connectivity index is 1.25. The van der Waals surface area contributed by atoms with Crippen LogP contribution in [-0.4, -0.2) is 9.13 Å². The molecule has 0 aliphatic rings. The van der Waals surface area contributed by atoms with Crippen LogP contribution in [0.4, 0.5) is 17.1 Å². The molecule has 0 fully saturated rings. The van der Waals surface area contributed by atoms with Crippen molar-refractivity contribution in [2.75, 3.05) is 4.90 Å². The highest BCUT2D eigenvalue weighted by Crippen LogP contribution is 2.44. The molecule has 6 heteroatoms. The van der Waals surface area contributed by atoms with E-state index >= 15 is 0 Å². The third-order valence-electron chi connectivity index (χ3n) is 11.0. The SMILES string of the molecule is N#Cc1cc(-n2c3ccc(N(c4ccccc4)c4ccccc4)cc3c3c4oc5ccccc5c4ccc32)cc(-n2c3ccccc3c3ccccc32)c1C#N. The van der Waals surface area contributed by atoms with Crippen molar-refractivity contribution in [1.29, 1.82) is 10.5 Å². The van der Waals surface area contributed by atoms with Crippen LogP contribution in [0.25, 0.3) is 76.9 Å². The maximum Gasteiger partial charge on any atom is 0.145 e. The summed E-state index contributed by atoms with van der Waals surface area (Å²) >= 11 is 0. The molecule has 0 N–H and O–H groups in total. The van der Waals surface area contributed by atoms with Crippen LogP contribution in [-0.2, 0) is 0 Å². The Morgan fingerprint density at radius 3 is 1.70 bits per heavy atom. The van der Waals surface area contributed by atoms with Gasteiger partial charge in [0.1, 0.15) is 23.3 Å². The van der Waals surface area contributed by atoms with Gasteiger partial charge in [0.05, 0.1) is 44.3 Å². The smallest absolute Gasteiger partial charge is 0.145 e. The highest BCUT2D eigenvalue weighted by molar-refractivity contribution is 6.24. The number of benzene rings is 8. The predicted molar refractivity (Wildman–Crippen MR) is 227 cm³/mol. The van der Waals surface area contributed by atoms with Gasteiger partial charge in [0.15, 0.2) is 0 Å². The van der Waals surface area contributed by atoms with E-state index in [1.165, 1.54) is 0 Å². The van der Waals surface area contributed by atoms with Gasteiger partial charge in [-0.25, -0.2) is 0 Å². The molecule has 0 spiro atoms. The van der Waals surface area contributed by atoms with E-state index in [9.17, 15) is 10.5 Å². The average molecular weight is 716 g/mol. The summed E-state index contributed by atoms with van der Waals surface area (Å²) in [6.07, 6.45) is 0. The first kappa shape index (κ1) is 31.5. The van der Waals surface area contributed by atoms with Gasteiger partial charge >= 0.3 is 0 Å². The van der Waals surface area contributed by atoms with Crippen LogP contribution in [0.15, 0.2) is 180 Å². The van der Waals surface area contributed by atoms with Crippen LogP contribution in [0.3, 0.4) is 0 Å². The van der Waals surface area contributed by atoms with Gasteiger partial charge in [0.25, 0.3) is 0 Å². The molecule has 0 unspecified atom stereocenters. The van der Waals surface area contributed by atoms with Gasteiger partial charge in [-0.1, -0.05) is 91.0 Å². The van der Waals surface area contributed by atoms with E-state index in [1.54, 1.807) is 0 Å². The lowest BCUT2D eigenvalue weighted by molar-refractivity contribution is 0.673. The second kappa shape index (κ2) is 12.2. The van der Waals surface area contributed by atoms with Gasteiger partial charge in [-0.05, 0) is 84.9 Å². The predicted octanol–water partition coefficient (Wildman–Crippen LogP) is 13.0. The van der Waals surface area contributed by atoms with E-state index in [4.69, 9.17) is 4.42 Å². The molecule has 0 saturated carbocycles. The number of rotatable bonds is 5. The fourth-order valence-corrected chi connectivity index (χ4v) is 8.60. The summed E-state index contributed by atoms with van der Waals surface area (Å²) in [5, 5.41) is 27.5. The zero-order valence-electron chi connectivity index (χ0n) is 29.9. The molecule has 0 aliphatic carbocycles. The molecule has 56 heavy (non-hydrogen) atoms. The summed E-state index contributed by atoms with van der Waals surface area (Å²) in [4.78, 5) is 2.26. The molecule has 0 amide bonds. The van der Waals surface area contributed by atoms with Gasteiger partial charge in [0, 0.05) is 49.7 Å². The number of furan rings is 1. The van der Waals surface area contributed by atoms with Gasteiger partial charge in [-0.2, -0.15) is 10.5 Å². The van der Waals surface area contributed by atoms with Crippen molar-refractivity contribution < 1.29 is 4.42 Å². The Labute approximate surface area is 321 Å². The number of para-hydroxylation sites is 5. The molecular weight excluding hydrogens is 687 g/mol. The first-order valence-corrected chi connectivity index (χ1v) is 18.5. The molecule has 0 radical (unpaired) electrons. The second-order valence-corrected chi connectivity index (χ2v) is 14.0. The maximum atomic E-state index is 10.7. The Morgan fingerprint density at radius 1 is 0.446 bits per heavy atom. The van der Waals surface area contributed by atoms with E-state index in [0.29, 0.717) is 16.8 Å². The highest BCUT2D eigenvalue weighted by Gasteiger charge is 2.24. The van der Waals surface area contributed by atoms with Crippen LogP contribution < -0.4 is 4.90 Å². The van der Waals surface area contributed by atoms with Gasteiger partial charge in [-0.15, -0.1) is 0 Å². The van der Waals surface area contributed by atoms with Crippen LogP contribution in [0.5, 0.6) is 0 Å². The molecule has 0 atom stereocenters. The standard InChI is InChI=1S/C50H29N5O/c51-30-32-27-36(29-47(42(32)31-52)55-43-20-10-7-17-37(43)38-18-8-11-21-44(38)55)54-45-25-23-35(53(33-13-3-1-4-14-33)34-15-5-2-6-16-34)28-41(45)49-46(54)26-24-40-39-19-9-12-22-48(39)56-50(40)49/h1-29H. The molecule has 0 aliphatic heterocycles. The molecule has 0 saturated heterocycles. The van der Waals surface area contributed by atoms with Crippen molar-refractivity contribution >= 4 is 82.6 Å². The van der Waals surface area contributed by atoms with Crippen molar-refractivity contribution in [2.45, 2.75) is 0 Å². The third kappa shape index (κ3) is 4.54. The maximum absolute atomic E-state index is 10.7. The molecule has 260 valence electrons. The zero-order valence-corrected chi connectivity index (χ0v) is 29.9. The summed E-state index contributed by atoms with van der Waals surface area (Å²) in [6.45, 7) is 0. The lowest BCUT2D eigenvalue weighted by atomic mass is 10.0. The number of hydrogen-bond acceptors (Lipinski definition) is 4. The number of anilines is 3. The topological polar surface area (TPSA) is 73.8 Å². The van der Waals surface area contributed by atoms with Crippen LogP contribution in [0.1, 0.15) is 11.1 Å². The number of nitrogens with zero attached hydrogens (tertiary/aromatic N) is 5. The molecule has 11 aromatic rings. The minimum atomic E-state index is 0.303. The summed E-state index contributed by atoms with van der Waals surface area (Å²) in [5.41, 5.74) is 10.5. The number of hydrogen-bond donors (Lipinski definition) is 0. The highest BCUT2D eigenvalue weighted by atomic mass is 16.3. The molecule has 3 heterocycles. The van der Waals surface area contributed by atoms with Crippen LogP contribution in [0, 0.1) is 22.7 Å². The summed E-state index contributed by atoms with van der Waals surface area (Å²) in [5.74, 6) is 0. The number of fused-ring (bicyclic) bond motifs is 10. The normalized spacial score (nSPS) is 11.5. The van der Waals surface area contributed by atoms with E-state index in [1.807, 2.05) is 66.7 Å². The van der Waals surface area contributed by atoms with Crippen LogP contribution >= 0.6 is 0 Å². The molecule has 3 aromatic heterocycles. The van der Waals surface area contributed by atoms with Crippen molar-refractivity contribution in [2.24, 2.45) is 0 Å². The van der Waals surface area contributed by atoms with Crippen LogP contribution in [0.2, 0.25) is 0 Å². The summed E-state index contributed by atoms with van der Waals surface area (Å²) < 4.78 is 11.1. The molecule has 11 rings (SSSR count). The van der Waals surface area contributed by atoms with Gasteiger partial charge < -0.3 is 18.5 Å². The van der Waals surface area contributed by atoms with Gasteiger partial charge in [-0.3, -0.25) is 0 Å². The first-order valence-electron chi connectivity index (χ1n) is 18.5. The van der Waals surface area contributed by atoms with E-state index in [2.05, 4.69) is 135 Å². The Bertz CT molecular complexity index is 3360. The minimum Gasteiger partial charge on any atom is -0.455 e. The summed E-state index contributed by atoms with van der Waals surface area (Å²) in [6, 6.07) is 64.8. The van der Waals surface area contributed by atoms with E-state index in [-0.39, 0.29) is 0 Å². The molecule has 8 aromatic carbocycles. The third-order valence-corrected chi connectivity index (χ3v) is 11.0. The summed E-state index contributed by atoms with van der Waals surface area (Å²) in [7, 11) is 0. The van der Waals surface area contributed by atoms with E-state index in [0.717, 1.165) is 88.3 Å². The quantitative estimate of drug-likeness (QED) is 0.178. The second-order valence-electron chi connectivity index (χ2n) is 14.0. The van der Waals surface area contributed by atoms with Crippen molar-refractivity contribution in [3.63, 3.8) is 0 Å². The largest absolute Gasteiger partial charge is 0.455 e. The number of nitriles is 2. The monoisotopic (exact) mass is 715 g/mol. The average Bonchev–Trinajstić information content (AvgIpc) is 3.91. The Morgan fingerprint density at radius 2 is 1.04 bits per heavy atom. The number of aromatic nitrogens is 2. The Kier molecular flexibility index (Phi) is 6.88. The van der Waals surface area contributed by atoms with Gasteiger partial charge in [0.2, 0.25) is 0 Å². The fraction of sp³-hybridized carbons (Fsp3) is 0. The zero-order chi connectivity index (χ0) is 37.3. The minimum absolute atomic E-state index is 0.303.